The topological polar surface area (TPSA) is 64.6 Å². The molecule has 1 atom stereocenters. The molecule has 0 bridgehead atoms. The van der Waals surface area contributed by atoms with Gasteiger partial charge in [0.1, 0.15) is 0 Å². The van der Waals surface area contributed by atoms with Crippen molar-refractivity contribution in [2.24, 2.45) is 0 Å². The number of carbonyl (C=O) groups excluding carboxylic acids is 1. The monoisotopic (exact) mass is 699 g/mol. The number of nitrogens with one attached hydrogen (secondary N) is 1. The van der Waals surface area contributed by atoms with Crippen molar-refractivity contribution in [2.75, 3.05) is 0 Å². The van der Waals surface area contributed by atoms with Gasteiger partial charge in [-0.1, -0.05) is 0 Å². The maximum absolute atomic E-state index is 15.0. The van der Waals surface area contributed by atoms with E-state index in [0.29, 0.717) is 22.3 Å². The van der Waals surface area contributed by atoms with Crippen molar-refractivity contribution in [3.63, 3.8) is 0 Å². The first kappa shape index (κ1) is 32.1. The summed E-state index contributed by atoms with van der Waals surface area (Å²) in [6, 6.07) is 58.8. The molecule has 0 heterocycles. The minimum atomic E-state index is -4.10. The third-order valence-corrected chi connectivity index (χ3v) is 20.6. The third-order valence-electron chi connectivity index (χ3n) is 8.21. The number of hydrogen-bond acceptors (Lipinski definition) is 4. The summed E-state index contributed by atoms with van der Waals surface area (Å²) in [7, 11) is -4.10. The maximum atomic E-state index is 15.0. The Labute approximate surface area is 279 Å². The number of benzene rings is 6. The molecule has 6 rings (SSSR count). The second-order valence-electron chi connectivity index (χ2n) is 11.2. The summed E-state index contributed by atoms with van der Waals surface area (Å²) < 4.78 is 31.2. The van der Waals surface area contributed by atoms with Gasteiger partial charge < -0.3 is 0 Å². The molecule has 234 valence electrons. The molecule has 0 saturated carbocycles. The summed E-state index contributed by atoms with van der Waals surface area (Å²) in [5.74, 6) is -0.532. The van der Waals surface area contributed by atoms with Crippen LogP contribution >= 0.6 is 7.60 Å². The molecule has 0 radical (unpaired) electrons. The number of para-hydroxylation sites is 2. The fourth-order valence-corrected chi connectivity index (χ4v) is 17.9. The Morgan fingerprint density at radius 2 is 0.872 bits per heavy atom. The van der Waals surface area contributed by atoms with Gasteiger partial charge >= 0.3 is 280 Å². The zero-order valence-electron chi connectivity index (χ0n) is 25.9. The van der Waals surface area contributed by atoms with Gasteiger partial charge in [0.2, 0.25) is 0 Å². The normalized spacial score (nSPS) is 12.1. The van der Waals surface area contributed by atoms with Crippen molar-refractivity contribution in [3.05, 3.63) is 188 Å². The molecule has 6 aromatic carbocycles. The number of amides is 1. The van der Waals surface area contributed by atoms with Gasteiger partial charge in [0.25, 0.3) is 0 Å². The Hall–Kier alpha value is -4.84. The second-order valence-corrected chi connectivity index (χ2v) is 21.7. The number of carbonyl (C=O) groups is 1. The molecule has 6 aromatic rings. The number of hydrogen-bond donors (Lipinski definition) is 1. The van der Waals surface area contributed by atoms with Crippen molar-refractivity contribution in [3.8, 4) is 11.5 Å². The zero-order chi connectivity index (χ0) is 32.4. The van der Waals surface area contributed by atoms with Crippen molar-refractivity contribution in [1.29, 1.82) is 0 Å². The van der Waals surface area contributed by atoms with Crippen LogP contribution in [0.1, 0.15) is 17.8 Å². The van der Waals surface area contributed by atoms with Gasteiger partial charge in [0, 0.05) is 0 Å². The third kappa shape index (κ3) is 7.60. The van der Waals surface area contributed by atoms with Crippen LogP contribution in [0.2, 0.25) is 5.25 Å². The Balaban J connectivity index is 1.37. The van der Waals surface area contributed by atoms with Crippen LogP contribution in [-0.2, 0) is 9.36 Å². The van der Waals surface area contributed by atoms with E-state index in [1.54, 1.807) is 48.5 Å². The van der Waals surface area contributed by atoms with Crippen LogP contribution in [0.3, 0.4) is 0 Å². The van der Waals surface area contributed by atoms with Crippen molar-refractivity contribution in [1.82, 2.24) is 5.32 Å². The van der Waals surface area contributed by atoms with Crippen molar-refractivity contribution < 1.29 is 18.4 Å². The van der Waals surface area contributed by atoms with E-state index in [9.17, 15) is 4.79 Å². The van der Waals surface area contributed by atoms with E-state index in [1.807, 2.05) is 60.7 Å². The van der Waals surface area contributed by atoms with Gasteiger partial charge in [0.15, 0.2) is 0 Å². The average Bonchev–Trinajstić information content (AvgIpc) is 3.13. The van der Waals surface area contributed by atoms with E-state index in [4.69, 9.17) is 9.05 Å². The molecule has 0 fully saturated rings. The first-order chi connectivity index (χ1) is 23.1. The molecular formula is C40H36GeNO4P. The number of rotatable bonds is 13. The van der Waals surface area contributed by atoms with Crippen LogP contribution in [-0.4, -0.2) is 19.2 Å². The minimum absolute atomic E-state index is 0.221. The van der Waals surface area contributed by atoms with Gasteiger partial charge in [-0.15, -0.1) is 0 Å². The molecule has 0 aliphatic carbocycles. The van der Waals surface area contributed by atoms with Crippen LogP contribution in [0.5, 0.6) is 11.5 Å². The standard InChI is InChI=1S/C40H36GeNO4P/c43-39(31-32-41(34-21-9-2-10-22-34,35-23-11-3-12-24-35)36-25-13-4-14-26-36)42-40(33-19-7-1-8-20-33)47(44,45-37-27-15-5-16-28-37)46-38-29-17-6-18-30-38/h1-30,40H,31-32H2,(H,42,43). The van der Waals surface area contributed by atoms with Crippen LogP contribution in [0.25, 0.3) is 0 Å². The Morgan fingerprint density at radius 3 is 1.26 bits per heavy atom. The second kappa shape index (κ2) is 15.2. The fourth-order valence-electron chi connectivity index (χ4n) is 5.99. The van der Waals surface area contributed by atoms with Gasteiger partial charge in [-0.05, 0) is 0 Å². The quantitative estimate of drug-likeness (QED) is 0.0992. The molecule has 0 saturated heterocycles. The molecule has 1 unspecified atom stereocenters. The molecule has 0 aromatic heterocycles. The summed E-state index contributed by atoms with van der Waals surface area (Å²) in [6.07, 6.45) is 0.221. The molecule has 0 aliphatic rings. The van der Waals surface area contributed by atoms with E-state index in [2.05, 4.69) is 78.1 Å². The first-order valence-electron chi connectivity index (χ1n) is 15.7. The van der Waals surface area contributed by atoms with E-state index in [0.717, 1.165) is 0 Å². The molecule has 1 amide bonds. The molecule has 47 heavy (non-hydrogen) atoms. The van der Waals surface area contributed by atoms with Crippen LogP contribution in [0.4, 0.5) is 0 Å². The molecule has 0 spiro atoms. The molecule has 7 heteroatoms. The van der Waals surface area contributed by atoms with E-state index in [1.165, 1.54) is 13.2 Å². The summed E-state index contributed by atoms with van der Waals surface area (Å²) in [4.78, 5) is 14.2. The van der Waals surface area contributed by atoms with Crippen LogP contribution in [0.15, 0.2) is 182 Å². The Morgan fingerprint density at radius 1 is 0.532 bits per heavy atom. The summed E-state index contributed by atoms with van der Waals surface area (Å²) in [5, 5.41) is 3.77. The SMILES string of the molecule is O=C(C[CH2][Ge]([c]1ccccc1)([c]1ccccc1)[c]1ccccc1)NC(c1ccccc1)P(=O)(Oc1ccccc1)Oc1ccccc1. The van der Waals surface area contributed by atoms with Gasteiger partial charge in [-0.3, -0.25) is 0 Å². The molecular weight excluding hydrogens is 662 g/mol. The van der Waals surface area contributed by atoms with Crippen molar-refractivity contribution in [2.45, 2.75) is 17.5 Å². The predicted octanol–water partition coefficient (Wildman–Crippen LogP) is 7.71. The Kier molecular flexibility index (Phi) is 10.4. The van der Waals surface area contributed by atoms with E-state index < -0.39 is 26.6 Å². The first-order valence-corrected chi connectivity index (χ1v) is 21.9. The summed E-state index contributed by atoms with van der Waals surface area (Å²) in [5.41, 5.74) is 0.623. The molecule has 0 aliphatic heterocycles. The summed E-state index contributed by atoms with van der Waals surface area (Å²) in [6.45, 7) is 0. The fraction of sp³-hybridized carbons (Fsp3) is 0.0750. The van der Waals surface area contributed by atoms with Crippen LogP contribution < -0.4 is 27.6 Å². The van der Waals surface area contributed by atoms with Crippen molar-refractivity contribution >= 4 is 40.0 Å². The van der Waals surface area contributed by atoms with Gasteiger partial charge in [-0.25, -0.2) is 0 Å². The average molecular weight is 698 g/mol. The zero-order valence-corrected chi connectivity index (χ0v) is 28.9. The molecule has 1 N–H and O–H groups in total. The van der Waals surface area contributed by atoms with E-state index in [-0.39, 0.29) is 12.3 Å². The van der Waals surface area contributed by atoms with Gasteiger partial charge in [-0.2, -0.15) is 0 Å². The Bertz CT molecular complexity index is 1750. The van der Waals surface area contributed by atoms with E-state index >= 15 is 4.57 Å². The van der Waals surface area contributed by atoms with Crippen LogP contribution in [0, 0.1) is 0 Å². The predicted molar refractivity (Wildman–Crippen MR) is 192 cm³/mol. The summed E-state index contributed by atoms with van der Waals surface area (Å²) >= 11 is -3.40. The molecule has 5 nitrogen and oxygen atoms in total. The van der Waals surface area contributed by atoms with Gasteiger partial charge in [0.05, 0.1) is 0 Å².